The third-order valence-corrected chi connectivity index (χ3v) is 3.94. The Balaban J connectivity index is 1.95. The number of carbonyl (C=O) groups is 1. The maximum absolute atomic E-state index is 12.5. The fraction of sp³-hybridized carbons (Fsp3) is 0.316. The van der Waals surface area contributed by atoms with E-state index in [0.29, 0.717) is 0 Å². The Morgan fingerprint density at radius 3 is 2.36 bits per heavy atom. The monoisotopic (exact) mass is 398 g/mol. The molecule has 0 radical (unpaired) electrons. The number of benzene rings is 2. The first-order chi connectivity index (χ1) is 13.2. The number of alkyl halides is 3. The number of hydrogen-bond acceptors (Lipinski definition) is 4. The molecule has 0 saturated heterocycles. The van der Waals surface area contributed by atoms with Gasteiger partial charge in [-0.15, -0.1) is 13.2 Å². The normalized spacial score (nSPS) is 13.6. The second-order valence-corrected chi connectivity index (χ2v) is 6.10. The van der Waals surface area contributed by atoms with Crippen molar-refractivity contribution in [2.75, 3.05) is 6.54 Å². The van der Waals surface area contributed by atoms with E-state index in [4.69, 9.17) is 5.11 Å². The van der Waals surface area contributed by atoms with Crippen molar-refractivity contribution in [2.24, 2.45) is 0 Å². The molecule has 2 unspecified atom stereocenters. The summed E-state index contributed by atoms with van der Waals surface area (Å²) in [6, 6.07) is 13.9. The zero-order valence-corrected chi connectivity index (χ0v) is 14.8. The van der Waals surface area contributed by atoms with Crippen LogP contribution in [0.15, 0.2) is 54.6 Å². The lowest BCUT2D eigenvalue weighted by molar-refractivity contribution is -0.274. The summed E-state index contributed by atoms with van der Waals surface area (Å²) in [5, 5.41) is 24.5. The number of halogens is 3. The van der Waals surface area contributed by atoms with Crippen LogP contribution in [0.3, 0.4) is 0 Å². The van der Waals surface area contributed by atoms with Gasteiger partial charge in [-0.3, -0.25) is 0 Å². The fourth-order valence-corrected chi connectivity index (χ4v) is 2.68. The summed E-state index contributed by atoms with van der Waals surface area (Å²) in [6.07, 6.45) is -6.90. The molecule has 2 aromatic carbocycles. The molecule has 9 heteroatoms. The number of rotatable bonds is 9. The second kappa shape index (κ2) is 9.95. The third kappa shape index (κ3) is 7.45. The van der Waals surface area contributed by atoms with Crippen molar-refractivity contribution in [2.45, 2.75) is 31.5 Å². The summed E-state index contributed by atoms with van der Waals surface area (Å²) in [5.74, 6) is -0.332. The van der Waals surface area contributed by atoms with E-state index >= 15 is 0 Å². The van der Waals surface area contributed by atoms with Crippen molar-refractivity contribution in [3.05, 3.63) is 65.7 Å². The van der Waals surface area contributed by atoms with Gasteiger partial charge in [-0.25, -0.2) is 4.79 Å². The first-order valence-corrected chi connectivity index (χ1v) is 8.50. The van der Waals surface area contributed by atoms with Gasteiger partial charge in [-0.2, -0.15) is 0 Å². The van der Waals surface area contributed by atoms with Crippen molar-refractivity contribution in [1.29, 1.82) is 0 Å². The van der Waals surface area contributed by atoms with Crippen LogP contribution in [0.1, 0.15) is 11.1 Å². The van der Waals surface area contributed by atoms with E-state index in [-0.39, 0.29) is 30.8 Å². The zero-order valence-electron chi connectivity index (χ0n) is 14.8. The van der Waals surface area contributed by atoms with Crippen molar-refractivity contribution in [3.63, 3.8) is 0 Å². The van der Waals surface area contributed by atoms with Crippen LogP contribution in [0, 0.1) is 0 Å². The average Bonchev–Trinajstić information content (AvgIpc) is 2.62. The molecule has 0 spiro atoms. The van der Waals surface area contributed by atoms with Crippen LogP contribution in [0.4, 0.5) is 18.0 Å². The molecule has 6 nitrogen and oxygen atoms in total. The molecule has 0 fully saturated rings. The Hall–Kier alpha value is -2.78. The number of nitrogens with one attached hydrogen (secondary N) is 2. The molecule has 0 heterocycles. The van der Waals surface area contributed by atoms with E-state index in [9.17, 15) is 23.1 Å². The van der Waals surface area contributed by atoms with Crippen LogP contribution in [0.25, 0.3) is 0 Å². The van der Waals surface area contributed by atoms with Gasteiger partial charge in [0, 0.05) is 18.7 Å². The highest BCUT2D eigenvalue weighted by Gasteiger charge is 2.32. The lowest BCUT2D eigenvalue weighted by Gasteiger charge is -2.23. The van der Waals surface area contributed by atoms with E-state index in [1.807, 2.05) is 6.07 Å². The highest BCUT2D eigenvalue weighted by atomic mass is 19.4. The minimum atomic E-state index is -4.80. The van der Waals surface area contributed by atoms with Crippen LogP contribution in [0.2, 0.25) is 0 Å². The van der Waals surface area contributed by atoms with Crippen LogP contribution < -0.4 is 15.4 Å². The Labute approximate surface area is 160 Å². The summed E-state index contributed by atoms with van der Waals surface area (Å²) >= 11 is 0. The quantitative estimate of drug-likeness (QED) is 0.522. The van der Waals surface area contributed by atoms with E-state index in [2.05, 4.69) is 15.4 Å². The molecule has 2 rings (SSSR count). The predicted molar refractivity (Wildman–Crippen MR) is 95.9 cm³/mol. The molecule has 2 aromatic rings. The molecule has 0 aromatic heterocycles. The van der Waals surface area contributed by atoms with Gasteiger partial charge in [0.2, 0.25) is 0 Å². The molecule has 0 aliphatic rings. The van der Waals surface area contributed by atoms with Gasteiger partial charge < -0.3 is 25.6 Å². The summed E-state index contributed by atoms with van der Waals surface area (Å²) in [4.78, 5) is 11.0. The third-order valence-electron chi connectivity index (χ3n) is 3.94. The number of para-hydroxylation sites is 1. The molecule has 152 valence electrons. The Morgan fingerprint density at radius 1 is 1.07 bits per heavy atom. The number of aliphatic hydroxyl groups is 1. The number of amides is 1. The number of carboxylic acid groups (broad SMARTS) is 1. The van der Waals surface area contributed by atoms with Crippen molar-refractivity contribution in [3.8, 4) is 5.75 Å². The summed E-state index contributed by atoms with van der Waals surface area (Å²) < 4.78 is 41.4. The Bertz CT molecular complexity index is 756. The van der Waals surface area contributed by atoms with E-state index in [1.54, 1.807) is 30.3 Å². The van der Waals surface area contributed by atoms with Gasteiger partial charge in [0.25, 0.3) is 0 Å². The van der Waals surface area contributed by atoms with Gasteiger partial charge in [0.1, 0.15) is 5.75 Å². The Morgan fingerprint density at radius 2 is 1.71 bits per heavy atom. The highest BCUT2D eigenvalue weighted by molar-refractivity contribution is 5.65. The zero-order chi connectivity index (χ0) is 20.6. The topological polar surface area (TPSA) is 90.8 Å². The number of hydrogen-bond donors (Lipinski definition) is 4. The summed E-state index contributed by atoms with van der Waals surface area (Å²) in [6.45, 7) is -0.0213. The van der Waals surface area contributed by atoms with Crippen LogP contribution in [-0.4, -0.2) is 41.4 Å². The number of ether oxygens (including phenoxy) is 1. The van der Waals surface area contributed by atoms with Gasteiger partial charge in [0.05, 0.1) is 12.1 Å². The van der Waals surface area contributed by atoms with Gasteiger partial charge in [-0.1, -0.05) is 48.5 Å². The largest absolute Gasteiger partial charge is 0.573 e. The molecule has 0 bridgehead atoms. The van der Waals surface area contributed by atoms with Crippen molar-refractivity contribution < 1.29 is 32.9 Å². The van der Waals surface area contributed by atoms with Crippen molar-refractivity contribution >= 4 is 6.09 Å². The van der Waals surface area contributed by atoms with Crippen molar-refractivity contribution in [1.82, 2.24) is 10.6 Å². The first-order valence-electron chi connectivity index (χ1n) is 8.50. The van der Waals surface area contributed by atoms with Gasteiger partial charge in [0.15, 0.2) is 0 Å². The average molecular weight is 398 g/mol. The molecule has 0 saturated carbocycles. The maximum atomic E-state index is 12.5. The SMILES string of the molecule is O=C(O)NC(Cc1ccccc1)C(O)CNCc1ccccc1OC(F)(F)F. The molecule has 2 atom stereocenters. The summed E-state index contributed by atoms with van der Waals surface area (Å²) in [7, 11) is 0. The predicted octanol–water partition coefficient (Wildman–Crippen LogP) is 2.91. The van der Waals surface area contributed by atoms with Crippen LogP contribution >= 0.6 is 0 Å². The van der Waals surface area contributed by atoms with E-state index in [1.165, 1.54) is 18.2 Å². The summed E-state index contributed by atoms with van der Waals surface area (Å²) in [5.41, 5.74) is 1.10. The van der Waals surface area contributed by atoms with Gasteiger partial charge >= 0.3 is 12.5 Å². The van der Waals surface area contributed by atoms with E-state index < -0.39 is 24.6 Å². The fourth-order valence-electron chi connectivity index (χ4n) is 2.68. The standard InChI is InChI=1S/C19H21F3N2O4/c20-19(21,22)28-17-9-5-4-8-14(17)11-23-12-16(25)15(24-18(26)27)10-13-6-2-1-3-7-13/h1-9,15-16,23-25H,10-12H2,(H,26,27). The van der Waals surface area contributed by atoms with Gasteiger partial charge in [-0.05, 0) is 18.1 Å². The second-order valence-electron chi connectivity index (χ2n) is 6.10. The van der Waals surface area contributed by atoms with Crippen LogP contribution in [0.5, 0.6) is 5.75 Å². The molecule has 4 N–H and O–H groups in total. The molecule has 0 aliphatic heterocycles. The smallest absolute Gasteiger partial charge is 0.465 e. The molecule has 28 heavy (non-hydrogen) atoms. The molecule has 0 aliphatic carbocycles. The van der Waals surface area contributed by atoms with E-state index in [0.717, 1.165) is 5.56 Å². The first kappa shape index (κ1) is 21.5. The highest BCUT2D eigenvalue weighted by Crippen LogP contribution is 2.26. The molecule has 1 amide bonds. The van der Waals surface area contributed by atoms with Crippen LogP contribution in [-0.2, 0) is 13.0 Å². The lowest BCUT2D eigenvalue weighted by atomic mass is 10.0. The molecular weight excluding hydrogens is 377 g/mol. The lowest BCUT2D eigenvalue weighted by Crippen LogP contribution is -2.48. The maximum Gasteiger partial charge on any atom is 0.573 e. The minimum Gasteiger partial charge on any atom is -0.465 e. The Kier molecular flexibility index (Phi) is 7.65. The number of aliphatic hydroxyl groups excluding tert-OH is 1. The molecular formula is C19H21F3N2O4. The minimum absolute atomic E-state index is 0.00837.